The van der Waals surface area contributed by atoms with E-state index in [4.69, 9.17) is 0 Å². The number of amides is 1. The van der Waals surface area contributed by atoms with Crippen molar-refractivity contribution in [1.82, 2.24) is 0 Å². The molecule has 23 heavy (non-hydrogen) atoms. The fourth-order valence-electron chi connectivity index (χ4n) is 1.96. The predicted octanol–water partition coefficient (Wildman–Crippen LogP) is 4.82. The van der Waals surface area contributed by atoms with Crippen molar-refractivity contribution in [2.45, 2.75) is 6.92 Å². The Hall–Kier alpha value is -2.64. The summed E-state index contributed by atoms with van der Waals surface area (Å²) in [5.74, 6) is -0.434. The van der Waals surface area contributed by atoms with E-state index in [0.717, 1.165) is 11.1 Å². The third-order valence-corrected chi connectivity index (χ3v) is 3.49. The maximum absolute atomic E-state index is 12.2. The van der Waals surface area contributed by atoms with Gasteiger partial charge in [0, 0.05) is 10.2 Å². The van der Waals surface area contributed by atoms with Crippen LogP contribution in [0.5, 0.6) is 0 Å². The summed E-state index contributed by atoms with van der Waals surface area (Å²) in [7, 11) is 0. The fraction of sp³-hybridized carbons (Fsp3) is 0.0526. The van der Waals surface area contributed by atoms with Gasteiger partial charge in [-0.15, -0.1) is 0 Å². The number of nitriles is 1. The highest BCUT2D eigenvalue weighted by atomic mass is 79.9. The van der Waals surface area contributed by atoms with Crippen LogP contribution in [-0.2, 0) is 4.79 Å². The van der Waals surface area contributed by atoms with Crippen LogP contribution in [0.3, 0.4) is 0 Å². The number of nitrogens with zero attached hydrogens (tertiary/aromatic N) is 1. The van der Waals surface area contributed by atoms with E-state index >= 15 is 0 Å². The first-order valence-electron chi connectivity index (χ1n) is 7.00. The molecular formula is C19H15BrN2O. The van der Waals surface area contributed by atoms with Gasteiger partial charge in [-0.05, 0) is 42.3 Å². The van der Waals surface area contributed by atoms with Gasteiger partial charge in [-0.3, -0.25) is 4.79 Å². The standard InChI is InChI=1S/C19H15BrN2O/c1-14-6-5-9-18(10-14)22-19(23)16(13-21)12-17(20)11-15-7-3-2-4-8-15/h2-12H,1H3,(H,22,23)/b16-12+,17-11-. The molecule has 2 rings (SSSR count). The second-order valence-electron chi connectivity index (χ2n) is 4.93. The summed E-state index contributed by atoms with van der Waals surface area (Å²) in [6.45, 7) is 1.94. The van der Waals surface area contributed by atoms with Gasteiger partial charge in [-0.2, -0.15) is 5.26 Å². The minimum Gasteiger partial charge on any atom is -0.321 e. The third kappa shape index (κ3) is 5.24. The Bertz CT molecular complexity index is 802. The van der Waals surface area contributed by atoms with Crippen LogP contribution in [0, 0.1) is 18.3 Å². The zero-order valence-corrected chi connectivity index (χ0v) is 14.2. The van der Waals surface area contributed by atoms with Gasteiger partial charge >= 0.3 is 0 Å². The van der Waals surface area contributed by atoms with Crippen LogP contribution in [0.15, 0.2) is 70.7 Å². The Labute approximate surface area is 144 Å². The van der Waals surface area contributed by atoms with Gasteiger partial charge in [0.15, 0.2) is 0 Å². The Kier molecular flexibility index (Phi) is 5.90. The first-order valence-corrected chi connectivity index (χ1v) is 7.80. The van der Waals surface area contributed by atoms with E-state index in [1.165, 1.54) is 6.08 Å². The van der Waals surface area contributed by atoms with Crippen molar-refractivity contribution in [3.8, 4) is 6.07 Å². The first kappa shape index (κ1) is 16.7. The second kappa shape index (κ2) is 8.11. The van der Waals surface area contributed by atoms with Crippen molar-refractivity contribution < 1.29 is 4.79 Å². The number of nitrogens with one attached hydrogen (secondary N) is 1. The molecule has 0 fully saturated rings. The van der Waals surface area contributed by atoms with Crippen molar-refractivity contribution in [2.24, 2.45) is 0 Å². The SMILES string of the molecule is Cc1cccc(NC(=O)/C(C#N)=C/C(Br)=C/c2ccccc2)c1. The highest BCUT2D eigenvalue weighted by molar-refractivity contribution is 9.12. The summed E-state index contributed by atoms with van der Waals surface area (Å²) in [5.41, 5.74) is 2.72. The van der Waals surface area contributed by atoms with Crippen LogP contribution in [0.1, 0.15) is 11.1 Å². The van der Waals surface area contributed by atoms with Crippen LogP contribution in [-0.4, -0.2) is 5.91 Å². The molecule has 1 N–H and O–H groups in total. The lowest BCUT2D eigenvalue weighted by molar-refractivity contribution is -0.112. The van der Waals surface area contributed by atoms with E-state index < -0.39 is 5.91 Å². The molecule has 0 saturated heterocycles. The van der Waals surface area contributed by atoms with Crippen molar-refractivity contribution in [3.63, 3.8) is 0 Å². The number of hydrogen-bond donors (Lipinski definition) is 1. The summed E-state index contributed by atoms with van der Waals surface area (Å²) < 4.78 is 0.652. The number of carbonyl (C=O) groups is 1. The molecule has 3 nitrogen and oxygen atoms in total. The van der Waals surface area contributed by atoms with Crippen molar-refractivity contribution in [2.75, 3.05) is 5.32 Å². The molecule has 2 aromatic rings. The number of anilines is 1. The molecular weight excluding hydrogens is 352 g/mol. The third-order valence-electron chi connectivity index (χ3n) is 3.03. The van der Waals surface area contributed by atoms with E-state index in [1.807, 2.05) is 67.6 Å². The minimum absolute atomic E-state index is 0.0329. The topological polar surface area (TPSA) is 52.9 Å². The molecule has 4 heteroatoms. The molecule has 0 radical (unpaired) electrons. The van der Waals surface area contributed by atoms with Crippen LogP contribution in [0.4, 0.5) is 5.69 Å². The van der Waals surface area contributed by atoms with Crippen LogP contribution in [0.25, 0.3) is 6.08 Å². The van der Waals surface area contributed by atoms with Gasteiger partial charge in [-0.25, -0.2) is 0 Å². The fourth-order valence-corrected chi connectivity index (χ4v) is 2.45. The molecule has 0 bridgehead atoms. The van der Waals surface area contributed by atoms with Crippen molar-refractivity contribution in [1.29, 1.82) is 5.26 Å². The normalized spacial score (nSPS) is 11.7. The number of halogens is 1. The summed E-state index contributed by atoms with van der Waals surface area (Å²) in [4.78, 5) is 12.2. The Balaban J connectivity index is 2.16. The van der Waals surface area contributed by atoms with Crippen molar-refractivity contribution in [3.05, 3.63) is 81.9 Å². The highest BCUT2D eigenvalue weighted by Crippen LogP contribution is 2.17. The van der Waals surface area contributed by atoms with E-state index in [1.54, 1.807) is 6.07 Å². The maximum Gasteiger partial charge on any atom is 0.266 e. The molecule has 0 saturated carbocycles. The molecule has 0 spiro atoms. The van der Waals surface area contributed by atoms with Crippen molar-refractivity contribution >= 4 is 33.6 Å². The molecule has 114 valence electrons. The zero-order valence-electron chi connectivity index (χ0n) is 12.6. The highest BCUT2D eigenvalue weighted by Gasteiger charge is 2.09. The molecule has 0 atom stereocenters. The average Bonchev–Trinajstić information content (AvgIpc) is 2.53. The lowest BCUT2D eigenvalue weighted by atomic mass is 10.2. The number of rotatable bonds is 4. The van der Waals surface area contributed by atoms with Gasteiger partial charge in [0.1, 0.15) is 11.6 Å². The number of hydrogen-bond acceptors (Lipinski definition) is 2. The molecule has 0 aliphatic heterocycles. The Morgan fingerprint density at radius 3 is 2.57 bits per heavy atom. The average molecular weight is 367 g/mol. The molecule has 1 amide bonds. The number of benzene rings is 2. The monoisotopic (exact) mass is 366 g/mol. The summed E-state index contributed by atoms with van der Waals surface area (Å²) in [5, 5.41) is 11.9. The molecule has 0 aliphatic rings. The van der Waals surface area contributed by atoms with Gasteiger partial charge in [0.25, 0.3) is 5.91 Å². The minimum atomic E-state index is -0.434. The van der Waals surface area contributed by atoms with Crippen LogP contribution < -0.4 is 5.32 Å². The van der Waals surface area contributed by atoms with E-state index in [9.17, 15) is 10.1 Å². The lowest BCUT2D eigenvalue weighted by Gasteiger charge is -2.05. The Morgan fingerprint density at radius 1 is 1.17 bits per heavy atom. The van der Waals surface area contributed by atoms with Crippen LogP contribution in [0.2, 0.25) is 0 Å². The summed E-state index contributed by atoms with van der Waals surface area (Å²) in [6, 6.07) is 19.0. The molecule has 0 aromatic heterocycles. The largest absolute Gasteiger partial charge is 0.321 e. The molecule has 0 aliphatic carbocycles. The summed E-state index contributed by atoms with van der Waals surface area (Å²) in [6.07, 6.45) is 3.36. The molecule has 0 heterocycles. The Morgan fingerprint density at radius 2 is 1.91 bits per heavy atom. The first-order chi connectivity index (χ1) is 11.1. The van der Waals surface area contributed by atoms with E-state index in [2.05, 4.69) is 21.2 Å². The van der Waals surface area contributed by atoms with E-state index in [-0.39, 0.29) is 5.57 Å². The van der Waals surface area contributed by atoms with Gasteiger partial charge in [-0.1, -0.05) is 58.4 Å². The number of allylic oxidation sites excluding steroid dienone is 2. The zero-order chi connectivity index (χ0) is 16.7. The van der Waals surface area contributed by atoms with Gasteiger partial charge in [0.2, 0.25) is 0 Å². The second-order valence-corrected chi connectivity index (χ2v) is 5.85. The number of aryl methyl sites for hydroxylation is 1. The van der Waals surface area contributed by atoms with E-state index in [0.29, 0.717) is 10.2 Å². The maximum atomic E-state index is 12.2. The van der Waals surface area contributed by atoms with Crippen LogP contribution >= 0.6 is 15.9 Å². The van der Waals surface area contributed by atoms with Gasteiger partial charge < -0.3 is 5.32 Å². The smallest absolute Gasteiger partial charge is 0.266 e. The molecule has 2 aromatic carbocycles. The lowest BCUT2D eigenvalue weighted by Crippen LogP contribution is -2.13. The molecule has 0 unspecified atom stereocenters. The quantitative estimate of drug-likeness (QED) is 0.479. The van der Waals surface area contributed by atoms with Gasteiger partial charge in [0.05, 0.1) is 0 Å². The number of carbonyl (C=O) groups excluding carboxylic acids is 1. The summed E-state index contributed by atoms with van der Waals surface area (Å²) >= 11 is 3.38. The predicted molar refractivity (Wildman–Crippen MR) is 96.9 cm³/mol.